The van der Waals surface area contributed by atoms with E-state index >= 15 is 0 Å². The van der Waals surface area contributed by atoms with E-state index in [1.54, 1.807) is 6.07 Å². The van der Waals surface area contributed by atoms with Crippen molar-refractivity contribution in [1.82, 2.24) is 5.32 Å². The summed E-state index contributed by atoms with van der Waals surface area (Å²) in [5.74, 6) is -1.15. The lowest BCUT2D eigenvalue weighted by atomic mass is 10.1. The molecular formula is C12H14ClNO3S. The average molecular weight is 288 g/mol. The lowest BCUT2D eigenvalue weighted by Gasteiger charge is -2.11. The minimum atomic E-state index is -0.767. The summed E-state index contributed by atoms with van der Waals surface area (Å²) < 4.78 is 0.671. The van der Waals surface area contributed by atoms with Gasteiger partial charge >= 0.3 is 5.97 Å². The lowest BCUT2D eigenvalue weighted by Crippen LogP contribution is -2.34. The van der Waals surface area contributed by atoms with Gasteiger partial charge in [-0.1, -0.05) is 11.6 Å². The Kier molecular flexibility index (Phi) is 4.24. The Balaban J connectivity index is 1.80. The number of hydrogen-bond acceptors (Lipinski definition) is 3. The van der Waals surface area contributed by atoms with Crippen molar-refractivity contribution in [2.45, 2.75) is 31.7 Å². The number of carboxylic acid groups (broad SMARTS) is 1. The standard InChI is InChI=1S/C12H14ClNO3S/c13-10-4-3-9(18-10)6-11(15)14-8-2-1-7(5-8)12(16)17/h3-4,7-8H,1-2,5-6H2,(H,14,15)(H,16,17)/t7-,8+/m1/s1. The molecule has 0 bridgehead atoms. The van der Waals surface area contributed by atoms with Crippen LogP contribution in [0, 0.1) is 5.92 Å². The second-order valence-electron chi connectivity index (χ2n) is 4.50. The second-order valence-corrected chi connectivity index (χ2v) is 6.29. The Labute approximate surface area is 114 Å². The molecule has 18 heavy (non-hydrogen) atoms. The van der Waals surface area contributed by atoms with Crippen LogP contribution in [0.3, 0.4) is 0 Å². The van der Waals surface area contributed by atoms with Crippen LogP contribution in [0.15, 0.2) is 12.1 Å². The van der Waals surface area contributed by atoms with Crippen LogP contribution in [0.2, 0.25) is 4.34 Å². The van der Waals surface area contributed by atoms with Crippen molar-refractivity contribution in [1.29, 1.82) is 0 Å². The molecule has 4 nitrogen and oxygen atoms in total. The first-order valence-corrected chi connectivity index (χ1v) is 7.00. The highest BCUT2D eigenvalue weighted by Crippen LogP contribution is 2.26. The monoisotopic (exact) mass is 287 g/mol. The van der Waals surface area contributed by atoms with E-state index in [0.717, 1.165) is 11.3 Å². The summed E-state index contributed by atoms with van der Waals surface area (Å²) in [5.41, 5.74) is 0. The summed E-state index contributed by atoms with van der Waals surface area (Å²) in [7, 11) is 0. The van der Waals surface area contributed by atoms with Gasteiger partial charge in [-0.2, -0.15) is 0 Å². The third-order valence-corrected chi connectivity index (χ3v) is 4.34. The molecule has 1 saturated carbocycles. The summed E-state index contributed by atoms with van der Waals surface area (Å²) in [6.07, 6.45) is 2.23. The van der Waals surface area contributed by atoms with Crippen molar-refractivity contribution in [3.05, 3.63) is 21.3 Å². The van der Waals surface area contributed by atoms with Crippen LogP contribution in [-0.2, 0) is 16.0 Å². The highest BCUT2D eigenvalue weighted by atomic mass is 35.5. The van der Waals surface area contributed by atoms with E-state index in [4.69, 9.17) is 16.7 Å². The Bertz CT molecular complexity index is 460. The smallest absolute Gasteiger partial charge is 0.306 e. The molecule has 0 aromatic carbocycles. The molecule has 1 aliphatic rings. The zero-order valence-electron chi connectivity index (χ0n) is 9.69. The number of nitrogens with one attached hydrogen (secondary N) is 1. The number of thiophene rings is 1. The molecule has 0 saturated heterocycles. The molecule has 0 radical (unpaired) electrons. The zero-order valence-corrected chi connectivity index (χ0v) is 11.3. The molecular weight excluding hydrogens is 274 g/mol. The van der Waals surface area contributed by atoms with Gasteiger partial charge in [-0.05, 0) is 31.4 Å². The van der Waals surface area contributed by atoms with Gasteiger partial charge < -0.3 is 10.4 Å². The molecule has 1 heterocycles. The highest BCUT2D eigenvalue weighted by Gasteiger charge is 2.30. The molecule has 1 amide bonds. The fourth-order valence-corrected chi connectivity index (χ4v) is 3.31. The third-order valence-electron chi connectivity index (χ3n) is 3.11. The summed E-state index contributed by atoms with van der Waals surface area (Å²) in [6, 6.07) is 3.60. The number of carbonyl (C=O) groups is 2. The van der Waals surface area contributed by atoms with Crippen molar-refractivity contribution in [3.63, 3.8) is 0 Å². The van der Waals surface area contributed by atoms with Crippen molar-refractivity contribution in [3.8, 4) is 0 Å². The number of hydrogen-bond donors (Lipinski definition) is 2. The first-order chi connectivity index (χ1) is 8.54. The van der Waals surface area contributed by atoms with Gasteiger partial charge in [0.1, 0.15) is 0 Å². The molecule has 1 aromatic heterocycles. The fraction of sp³-hybridized carbons (Fsp3) is 0.500. The molecule has 2 N–H and O–H groups in total. The van der Waals surface area contributed by atoms with E-state index in [-0.39, 0.29) is 17.9 Å². The van der Waals surface area contributed by atoms with Crippen molar-refractivity contribution >= 4 is 34.8 Å². The molecule has 0 aliphatic heterocycles. The molecule has 2 rings (SSSR count). The van der Waals surface area contributed by atoms with Crippen molar-refractivity contribution in [2.75, 3.05) is 0 Å². The Morgan fingerprint density at radius 2 is 2.22 bits per heavy atom. The number of rotatable bonds is 4. The first-order valence-electron chi connectivity index (χ1n) is 5.81. The van der Waals surface area contributed by atoms with Crippen LogP contribution in [0.1, 0.15) is 24.1 Å². The number of aliphatic carboxylic acids is 1. The largest absolute Gasteiger partial charge is 0.481 e. The minimum Gasteiger partial charge on any atom is -0.481 e. The van der Waals surface area contributed by atoms with Crippen LogP contribution in [0.25, 0.3) is 0 Å². The van der Waals surface area contributed by atoms with Crippen LogP contribution in [0.5, 0.6) is 0 Å². The number of halogens is 1. The molecule has 1 fully saturated rings. The zero-order chi connectivity index (χ0) is 13.1. The lowest BCUT2D eigenvalue weighted by molar-refractivity contribution is -0.141. The SMILES string of the molecule is O=C(Cc1ccc(Cl)s1)N[C@H]1CC[C@@H](C(=O)O)C1. The topological polar surface area (TPSA) is 66.4 Å². The van der Waals surface area contributed by atoms with Crippen LogP contribution in [-0.4, -0.2) is 23.0 Å². The Hall–Kier alpha value is -1.07. The van der Waals surface area contributed by atoms with Crippen molar-refractivity contribution < 1.29 is 14.7 Å². The van der Waals surface area contributed by atoms with E-state index in [9.17, 15) is 9.59 Å². The summed E-state index contributed by atoms with van der Waals surface area (Å²) in [5, 5.41) is 11.8. The van der Waals surface area contributed by atoms with Gasteiger partial charge in [0.2, 0.25) is 5.91 Å². The Morgan fingerprint density at radius 3 is 2.78 bits per heavy atom. The van der Waals surface area contributed by atoms with Crippen molar-refractivity contribution in [2.24, 2.45) is 5.92 Å². The van der Waals surface area contributed by atoms with E-state index in [2.05, 4.69) is 5.32 Å². The second kappa shape index (κ2) is 5.71. The predicted octanol–water partition coefficient (Wildman–Crippen LogP) is 2.31. The minimum absolute atomic E-state index is 0.00552. The third kappa shape index (κ3) is 3.46. The van der Waals surface area contributed by atoms with Gasteiger partial charge in [-0.3, -0.25) is 9.59 Å². The summed E-state index contributed by atoms with van der Waals surface area (Å²) in [4.78, 5) is 23.5. The molecule has 1 aromatic rings. The molecule has 0 spiro atoms. The average Bonchev–Trinajstić information content (AvgIpc) is 2.88. The number of carbonyl (C=O) groups excluding carboxylic acids is 1. The van der Waals surface area contributed by atoms with Crippen LogP contribution < -0.4 is 5.32 Å². The number of carboxylic acids is 1. The van der Waals surface area contributed by atoms with Gasteiger partial charge in [0.05, 0.1) is 16.7 Å². The molecule has 1 aliphatic carbocycles. The molecule has 0 unspecified atom stereocenters. The van der Waals surface area contributed by atoms with E-state index in [1.807, 2.05) is 6.07 Å². The molecule has 6 heteroatoms. The summed E-state index contributed by atoms with van der Waals surface area (Å²) >= 11 is 7.18. The van der Waals surface area contributed by atoms with Crippen LogP contribution >= 0.6 is 22.9 Å². The fourth-order valence-electron chi connectivity index (χ4n) is 2.22. The van der Waals surface area contributed by atoms with E-state index in [1.165, 1.54) is 11.3 Å². The van der Waals surface area contributed by atoms with E-state index < -0.39 is 5.97 Å². The highest BCUT2D eigenvalue weighted by molar-refractivity contribution is 7.16. The van der Waals surface area contributed by atoms with Gasteiger partial charge in [-0.25, -0.2) is 0 Å². The summed E-state index contributed by atoms with van der Waals surface area (Å²) in [6.45, 7) is 0. The predicted molar refractivity (Wildman–Crippen MR) is 69.9 cm³/mol. The Morgan fingerprint density at radius 1 is 1.44 bits per heavy atom. The van der Waals surface area contributed by atoms with Gasteiger partial charge in [0.25, 0.3) is 0 Å². The van der Waals surface area contributed by atoms with E-state index in [0.29, 0.717) is 23.6 Å². The van der Waals surface area contributed by atoms with Crippen LogP contribution in [0.4, 0.5) is 0 Å². The maximum Gasteiger partial charge on any atom is 0.306 e. The maximum atomic E-state index is 11.8. The quantitative estimate of drug-likeness (QED) is 0.893. The molecule has 98 valence electrons. The van der Waals surface area contributed by atoms with Gasteiger partial charge in [0, 0.05) is 10.9 Å². The van der Waals surface area contributed by atoms with Gasteiger partial charge in [0.15, 0.2) is 0 Å². The first kappa shape index (κ1) is 13.4. The maximum absolute atomic E-state index is 11.8. The normalized spacial score (nSPS) is 22.9. The van der Waals surface area contributed by atoms with Gasteiger partial charge in [-0.15, -0.1) is 11.3 Å². The number of amides is 1. The molecule has 2 atom stereocenters.